The van der Waals surface area contributed by atoms with Crippen LogP contribution in [0.4, 0.5) is 0 Å². The average molecular weight is 681 g/mol. The van der Waals surface area contributed by atoms with Crippen LogP contribution in [0.15, 0.2) is 12.2 Å². The predicted octanol–water partition coefficient (Wildman–Crippen LogP) is 13.0. The Bertz CT molecular complexity index is 1110. The fourth-order valence-electron chi connectivity index (χ4n) is 14.2. The number of aliphatic hydroxyl groups is 1. The highest BCUT2D eigenvalue weighted by Crippen LogP contribution is 2.77. The number of esters is 1. The average Bonchev–Trinajstić information content (AvgIpc) is 3.45. The number of carbonyl (C=O) groups excluding carboxylic acids is 1. The highest BCUT2D eigenvalue weighted by molar-refractivity contribution is 5.69. The zero-order valence-electron chi connectivity index (χ0n) is 33.6. The summed E-state index contributed by atoms with van der Waals surface area (Å²) >= 11 is 0. The summed E-state index contributed by atoms with van der Waals surface area (Å²) in [6.45, 7) is 22.3. The molecule has 0 spiro atoms. The Hall–Kier alpha value is -0.830. The zero-order valence-corrected chi connectivity index (χ0v) is 33.6. The minimum Gasteiger partial charge on any atom is -0.462 e. The molecule has 0 aromatic carbocycles. The van der Waals surface area contributed by atoms with E-state index in [1.807, 2.05) is 0 Å². The molecule has 0 amide bonds. The third-order valence-electron chi connectivity index (χ3n) is 17.3. The Kier molecular flexibility index (Phi) is 12.9. The number of aliphatic hydroxyl groups excluding tert-OH is 1. The number of fused-ring (bicyclic) bond motifs is 7. The maximum atomic E-state index is 13.2. The van der Waals surface area contributed by atoms with Gasteiger partial charge in [0.1, 0.15) is 6.10 Å². The number of ether oxygens (including phenoxy) is 1. The molecular weight excluding hydrogens is 601 g/mol. The fraction of sp³-hybridized carbons (Fsp3) is 0.935. The van der Waals surface area contributed by atoms with Crippen LogP contribution in [-0.2, 0) is 9.53 Å². The van der Waals surface area contributed by atoms with Gasteiger partial charge in [-0.3, -0.25) is 4.79 Å². The van der Waals surface area contributed by atoms with Gasteiger partial charge in [-0.2, -0.15) is 0 Å². The van der Waals surface area contributed by atoms with Gasteiger partial charge in [0.2, 0.25) is 0 Å². The van der Waals surface area contributed by atoms with Crippen molar-refractivity contribution in [1.29, 1.82) is 0 Å². The highest BCUT2D eigenvalue weighted by atomic mass is 16.5. The number of rotatable bonds is 17. The smallest absolute Gasteiger partial charge is 0.306 e. The van der Waals surface area contributed by atoms with E-state index in [0.29, 0.717) is 53.4 Å². The van der Waals surface area contributed by atoms with E-state index >= 15 is 0 Å². The van der Waals surface area contributed by atoms with Crippen LogP contribution >= 0.6 is 0 Å². The molecule has 3 nitrogen and oxygen atoms in total. The maximum absolute atomic E-state index is 13.2. The van der Waals surface area contributed by atoms with E-state index in [-0.39, 0.29) is 28.3 Å². The standard InChI is InChI=1S/C46H80O3/c1-9-10-11-12-13-14-15-16-17-18-19-20-21-22-40(48)49-39-27-28-43(6)37(42(39,4)5)26-29-45(8)38(43)24-23-36-41-35(34(2)3)25-30-46(41,33-47)32-31-44(36,45)7/h35-39,41,47H,2,9-33H2,1,3-8H3/t35-,36+,37-,38+,39-,41+,43-,44+,45+,46+/m0/s1. The van der Waals surface area contributed by atoms with Gasteiger partial charge < -0.3 is 9.84 Å². The van der Waals surface area contributed by atoms with Crippen LogP contribution in [0.5, 0.6) is 0 Å². The Balaban J connectivity index is 1.12. The molecule has 0 heterocycles. The summed E-state index contributed by atoms with van der Waals surface area (Å²) < 4.78 is 6.41. The molecule has 49 heavy (non-hydrogen) atoms. The Morgan fingerprint density at radius 2 is 1.31 bits per heavy atom. The van der Waals surface area contributed by atoms with E-state index < -0.39 is 0 Å². The van der Waals surface area contributed by atoms with Gasteiger partial charge in [0.15, 0.2) is 0 Å². The van der Waals surface area contributed by atoms with Gasteiger partial charge in [-0.25, -0.2) is 0 Å². The van der Waals surface area contributed by atoms with Crippen LogP contribution in [0.1, 0.15) is 203 Å². The van der Waals surface area contributed by atoms with E-state index in [1.165, 1.54) is 134 Å². The summed E-state index contributed by atoms with van der Waals surface area (Å²) in [6, 6.07) is 0. The summed E-state index contributed by atoms with van der Waals surface area (Å²) in [7, 11) is 0. The van der Waals surface area contributed by atoms with Crippen molar-refractivity contribution in [2.75, 3.05) is 6.61 Å². The van der Waals surface area contributed by atoms with Crippen LogP contribution in [0.3, 0.4) is 0 Å². The molecule has 0 radical (unpaired) electrons. The van der Waals surface area contributed by atoms with Gasteiger partial charge in [-0.15, -0.1) is 0 Å². The Morgan fingerprint density at radius 1 is 0.694 bits per heavy atom. The molecule has 282 valence electrons. The monoisotopic (exact) mass is 681 g/mol. The van der Waals surface area contributed by atoms with Crippen LogP contribution in [-0.4, -0.2) is 23.8 Å². The normalized spacial score (nSPS) is 40.9. The summed E-state index contributed by atoms with van der Waals surface area (Å²) in [5, 5.41) is 10.8. The van der Waals surface area contributed by atoms with Gasteiger partial charge in [-0.05, 0) is 129 Å². The van der Waals surface area contributed by atoms with Crippen molar-refractivity contribution in [3.8, 4) is 0 Å². The van der Waals surface area contributed by atoms with Crippen LogP contribution in [0.2, 0.25) is 0 Å². The topological polar surface area (TPSA) is 46.5 Å². The molecule has 5 saturated carbocycles. The lowest BCUT2D eigenvalue weighted by Gasteiger charge is -2.73. The number of hydrogen-bond acceptors (Lipinski definition) is 3. The van der Waals surface area contributed by atoms with Crippen LogP contribution in [0, 0.1) is 56.7 Å². The predicted molar refractivity (Wildman–Crippen MR) is 206 cm³/mol. The largest absolute Gasteiger partial charge is 0.462 e. The van der Waals surface area contributed by atoms with Gasteiger partial charge in [0, 0.05) is 18.4 Å². The molecule has 0 unspecified atom stereocenters. The molecule has 1 N–H and O–H groups in total. The minimum absolute atomic E-state index is 0.00680. The lowest BCUT2D eigenvalue weighted by Crippen LogP contribution is -2.67. The van der Waals surface area contributed by atoms with E-state index in [9.17, 15) is 9.90 Å². The first kappa shape index (κ1) is 39.4. The van der Waals surface area contributed by atoms with Crippen molar-refractivity contribution in [3.05, 3.63) is 12.2 Å². The number of carbonyl (C=O) groups is 1. The van der Waals surface area contributed by atoms with Crippen molar-refractivity contribution in [2.45, 2.75) is 209 Å². The second-order valence-electron chi connectivity index (χ2n) is 20.0. The first-order valence-corrected chi connectivity index (χ1v) is 21.8. The minimum atomic E-state index is 0.00680. The van der Waals surface area contributed by atoms with Crippen molar-refractivity contribution in [1.82, 2.24) is 0 Å². The van der Waals surface area contributed by atoms with E-state index in [4.69, 9.17) is 4.74 Å². The third kappa shape index (κ3) is 7.38. The molecule has 0 saturated heterocycles. The third-order valence-corrected chi connectivity index (χ3v) is 17.3. The molecule has 5 rings (SSSR count). The van der Waals surface area contributed by atoms with Crippen molar-refractivity contribution < 1.29 is 14.6 Å². The van der Waals surface area contributed by atoms with Crippen LogP contribution in [0.25, 0.3) is 0 Å². The molecule has 5 aliphatic rings. The summed E-state index contributed by atoms with van der Waals surface area (Å²) in [6.07, 6.45) is 30.2. The highest BCUT2D eigenvalue weighted by Gasteiger charge is 2.71. The van der Waals surface area contributed by atoms with Crippen molar-refractivity contribution in [3.63, 3.8) is 0 Å². The number of unbranched alkanes of at least 4 members (excludes halogenated alkanes) is 12. The quantitative estimate of drug-likeness (QED) is 0.0945. The molecule has 0 aliphatic heterocycles. The summed E-state index contributed by atoms with van der Waals surface area (Å²) in [4.78, 5) is 13.2. The second-order valence-corrected chi connectivity index (χ2v) is 20.0. The van der Waals surface area contributed by atoms with E-state index in [1.54, 1.807) is 0 Å². The van der Waals surface area contributed by atoms with Crippen LogP contribution < -0.4 is 0 Å². The lowest BCUT2D eigenvalue weighted by molar-refractivity contribution is -0.251. The maximum Gasteiger partial charge on any atom is 0.306 e. The molecule has 0 aromatic heterocycles. The second kappa shape index (κ2) is 16.0. The molecule has 3 heteroatoms. The lowest BCUT2D eigenvalue weighted by atomic mass is 9.32. The van der Waals surface area contributed by atoms with Gasteiger partial charge in [0.25, 0.3) is 0 Å². The summed E-state index contributed by atoms with van der Waals surface area (Å²) in [5.74, 6) is 3.22. The van der Waals surface area contributed by atoms with Crippen molar-refractivity contribution >= 4 is 5.97 Å². The molecule has 0 bridgehead atoms. The van der Waals surface area contributed by atoms with Crippen molar-refractivity contribution in [2.24, 2.45) is 56.7 Å². The SMILES string of the molecule is C=C(C)[C@@H]1CC[C@]2(CO)CC[C@]3(C)[C@H](CC[C@@H]4[C@@]5(C)CC[C@H](OC(=O)CCCCCCCCCCCCCCC)C(C)(C)[C@@H]5CC[C@]43C)[C@@H]12. The Morgan fingerprint density at radius 3 is 1.90 bits per heavy atom. The number of allylic oxidation sites excluding steroid dienone is 1. The Labute approximate surface area is 304 Å². The number of hydrogen-bond donors (Lipinski definition) is 1. The molecule has 0 aromatic rings. The zero-order chi connectivity index (χ0) is 35.5. The fourth-order valence-corrected chi connectivity index (χ4v) is 14.2. The van der Waals surface area contributed by atoms with E-state index in [2.05, 4.69) is 55.0 Å². The first-order chi connectivity index (χ1) is 23.3. The van der Waals surface area contributed by atoms with Gasteiger partial charge in [-0.1, -0.05) is 131 Å². The molecule has 5 fully saturated rings. The molecule has 10 atom stereocenters. The van der Waals surface area contributed by atoms with Gasteiger partial charge >= 0.3 is 5.97 Å². The summed E-state index contributed by atoms with van der Waals surface area (Å²) in [5.41, 5.74) is 2.40. The molecular formula is C46H80O3. The van der Waals surface area contributed by atoms with Gasteiger partial charge in [0.05, 0.1) is 0 Å². The first-order valence-electron chi connectivity index (χ1n) is 21.8. The molecule has 5 aliphatic carbocycles. The van der Waals surface area contributed by atoms with E-state index in [0.717, 1.165) is 19.3 Å².